The molecule has 0 bridgehead atoms. The Morgan fingerprint density at radius 1 is 0.728 bits per heavy atom. The zero-order valence-electron chi connectivity index (χ0n) is 53.2. The third-order valence-corrected chi connectivity index (χ3v) is 16.6. The van der Waals surface area contributed by atoms with Gasteiger partial charge >= 0.3 is 6.09 Å². The number of unbranched alkanes of at least 4 members (excludes halogenated alkanes) is 2. The van der Waals surface area contributed by atoms with Crippen molar-refractivity contribution in [2.45, 2.75) is 83.8 Å². The van der Waals surface area contributed by atoms with Gasteiger partial charge in [0.25, 0.3) is 5.91 Å². The first-order valence-electron chi connectivity index (χ1n) is 31.4. The molecule has 3 aliphatic heterocycles. The van der Waals surface area contributed by atoms with Crippen LogP contribution in [0.4, 0.5) is 21.9 Å². The Morgan fingerprint density at radius 2 is 1.42 bits per heavy atom. The number of hydrogen-bond donors (Lipinski definition) is 6. The van der Waals surface area contributed by atoms with E-state index in [9.17, 15) is 24.0 Å². The molecule has 4 atom stereocenters. The van der Waals surface area contributed by atoms with E-state index in [1.54, 1.807) is 69.2 Å². The highest BCUT2D eigenvalue weighted by Crippen LogP contribution is 2.37. The Balaban J connectivity index is 0.646. The lowest BCUT2D eigenvalue weighted by atomic mass is 10.0. The van der Waals surface area contributed by atoms with Gasteiger partial charge in [0.15, 0.2) is 17.7 Å². The van der Waals surface area contributed by atoms with Gasteiger partial charge in [-0.3, -0.25) is 24.1 Å². The van der Waals surface area contributed by atoms with Gasteiger partial charge in [-0.15, -0.1) is 0 Å². The number of benzene rings is 5. The number of likely N-dealkylation sites (tertiary alicyclic amines) is 1. The van der Waals surface area contributed by atoms with Gasteiger partial charge in [-0.25, -0.2) is 14.8 Å². The van der Waals surface area contributed by atoms with Gasteiger partial charge in [0, 0.05) is 80.5 Å². The summed E-state index contributed by atoms with van der Waals surface area (Å²) in [5, 5.41) is 8.20. The van der Waals surface area contributed by atoms with Crippen molar-refractivity contribution in [3.05, 3.63) is 120 Å². The van der Waals surface area contributed by atoms with Crippen LogP contribution in [0.5, 0.6) is 17.2 Å². The molecule has 0 radical (unpaired) electrons. The molecule has 1 unspecified atom stereocenters. The number of ether oxygens (including phenoxy) is 7. The van der Waals surface area contributed by atoms with Gasteiger partial charge in [0.1, 0.15) is 36.1 Å². The van der Waals surface area contributed by atoms with Crippen LogP contribution >= 0.6 is 0 Å². The third kappa shape index (κ3) is 16.4. The van der Waals surface area contributed by atoms with E-state index in [4.69, 9.17) is 48.9 Å². The first-order chi connectivity index (χ1) is 44.5. The van der Waals surface area contributed by atoms with E-state index in [1.165, 1.54) is 17.7 Å². The number of fused-ring (bicyclic) bond motifs is 2. The number of likely N-dealkylation sites (N-methyl/N-ethyl adjacent to an activating group) is 1. The molecule has 7 aromatic rings. The molecular formula is C68H84N12O12. The first-order valence-corrected chi connectivity index (χ1v) is 31.4. The summed E-state index contributed by atoms with van der Waals surface area (Å²) in [4.78, 5) is 91.5. The second-order valence-corrected chi connectivity index (χ2v) is 23.8. The highest BCUT2D eigenvalue weighted by Gasteiger charge is 2.45. The molecule has 3 fully saturated rings. The number of nitrogens with one attached hydrogen (secondary N) is 5. The summed E-state index contributed by atoms with van der Waals surface area (Å²) in [6, 6.07) is 28.0. The van der Waals surface area contributed by atoms with Gasteiger partial charge in [0.05, 0.1) is 87.0 Å². The Bertz CT molecular complexity index is 3710. The molecule has 5 aromatic carbocycles. The van der Waals surface area contributed by atoms with Crippen LogP contribution in [0.25, 0.3) is 44.8 Å². The second-order valence-electron chi connectivity index (χ2n) is 23.8. The normalized spacial score (nSPS) is 16.7. The largest absolute Gasteiger partial charge is 0.494 e. The lowest BCUT2D eigenvalue weighted by Crippen LogP contribution is -2.53. The molecule has 10 rings (SSSR count). The molecular weight excluding hydrogens is 1180 g/mol. The number of aromatic amines is 2. The fourth-order valence-corrected chi connectivity index (χ4v) is 11.4. The van der Waals surface area contributed by atoms with E-state index in [2.05, 4.69) is 73.6 Å². The molecule has 3 aliphatic rings. The fraction of sp³-hybridized carbons (Fsp3) is 0.426. The summed E-state index contributed by atoms with van der Waals surface area (Å²) in [6.45, 7) is 15.9. The average Bonchev–Trinajstić information content (AvgIpc) is 1.63. The van der Waals surface area contributed by atoms with Crippen LogP contribution < -0.4 is 40.8 Å². The molecule has 488 valence electrons. The Hall–Kier alpha value is -9.23. The standard InChI is InChI=1S/C68H84N12O12/c1-42(2)61(76-60(81)23-31-88-34-33-86-6)65(83)70-44(4)64(82)71-48-16-11-45(12-17-48)41-92-68(85)79-28-32-91-67(79)57-35-43(3)40-80(57)66(84)51-38-58(87-7)59(39-52(51)69)90-30-10-8-9-29-89-50-19-13-46(14-20-50)62-72-53-21-15-47(36-55(53)74-62)63-73-54-22-18-49(37-56(54)75-63)78-26-24-77(5)25-27-78/h11-22,36-39,42,44,57,61,67H,3,8-10,23-35,40-41,69H2,1-2,4-7H3,(H,70,83)(H,71,82)(H,72,74)(H,73,75)(H,76,81)/t44-,57-,61-,67?/m0/s1. The van der Waals surface area contributed by atoms with Crippen molar-refractivity contribution < 1.29 is 57.1 Å². The lowest BCUT2D eigenvalue weighted by molar-refractivity contribution is -0.132. The Morgan fingerprint density at radius 3 is 2.14 bits per heavy atom. The predicted octanol–water partition coefficient (Wildman–Crippen LogP) is 8.15. The number of hydrogen-bond acceptors (Lipinski definition) is 17. The smallest absolute Gasteiger partial charge is 0.412 e. The van der Waals surface area contributed by atoms with E-state index in [0.717, 1.165) is 102 Å². The van der Waals surface area contributed by atoms with Gasteiger partial charge in [0.2, 0.25) is 17.7 Å². The second kappa shape index (κ2) is 30.7. The number of methoxy groups -OCH3 is 2. The van der Waals surface area contributed by atoms with Crippen LogP contribution in [-0.4, -0.2) is 189 Å². The lowest BCUT2D eigenvalue weighted by Gasteiger charge is -2.34. The Kier molecular flexibility index (Phi) is 21.9. The summed E-state index contributed by atoms with van der Waals surface area (Å²) in [6.07, 6.45) is 1.39. The minimum absolute atomic E-state index is 0.0694. The van der Waals surface area contributed by atoms with Crippen LogP contribution in [0, 0.1) is 5.92 Å². The monoisotopic (exact) mass is 1260 g/mol. The van der Waals surface area contributed by atoms with Gasteiger partial charge < -0.3 is 79.5 Å². The van der Waals surface area contributed by atoms with Crippen molar-refractivity contribution in [3.63, 3.8) is 0 Å². The maximum atomic E-state index is 14.4. The molecule has 5 amide bonds. The molecule has 0 aliphatic carbocycles. The van der Waals surface area contributed by atoms with E-state index in [1.807, 2.05) is 36.4 Å². The fourth-order valence-electron chi connectivity index (χ4n) is 11.4. The molecule has 0 spiro atoms. The van der Waals surface area contributed by atoms with Crippen molar-refractivity contribution in [3.8, 4) is 40.0 Å². The maximum Gasteiger partial charge on any atom is 0.412 e. The van der Waals surface area contributed by atoms with Crippen LogP contribution in [-0.2, 0) is 39.9 Å². The van der Waals surface area contributed by atoms with Crippen molar-refractivity contribution in [2.24, 2.45) is 5.92 Å². The van der Waals surface area contributed by atoms with E-state index >= 15 is 0 Å². The molecule has 3 saturated heterocycles. The average molecular weight is 1260 g/mol. The molecule has 0 saturated carbocycles. The van der Waals surface area contributed by atoms with E-state index in [0.29, 0.717) is 55.6 Å². The van der Waals surface area contributed by atoms with Gasteiger partial charge in [-0.2, -0.15) is 0 Å². The summed E-state index contributed by atoms with van der Waals surface area (Å²) >= 11 is 0. The SMILES string of the molecule is C=C1C[C@@H](C2OCCN2C(=O)OCc2ccc(NC(=O)[C@H](C)NC(=O)[C@@H](NC(=O)CCOCCOC)C(C)C)cc2)N(C(=O)c2cc(OC)c(OCCCCCOc3ccc(-c4nc5ccc(-c6nc7ccc(N8CCN(C)CC8)cc7[nH]6)cc5[nH]4)cc3)cc2N)C1. The number of piperazine rings is 1. The number of nitrogens with zero attached hydrogens (tertiary/aromatic N) is 6. The van der Waals surface area contributed by atoms with Crippen LogP contribution in [0.2, 0.25) is 0 Å². The maximum absolute atomic E-state index is 14.4. The number of anilines is 3. The van der Waals surface area contributed by atoms with E-state index < -0.39 is 42.3 Å². The van der Waals surface area contributed by atoms with Crippen molar-refractivity contribution in [1.29, 1.82) is 0 Å². The number of nitrogen functional groups attached to an aromatic ring is 1. The van der Waals surface area contributed by atoms with Crippen LogP contribution in [0.1, 0.15) is 68.8 Å². The highest BCUT2D eigenvalue weighted by molar-refractivity contribution is 6.01. The quantitative estimate of drug-likeness (QED) is 0.0153. The molecule has 24 nitrogen and oxygen atoms in total. The third-order valence-electron chi connectivity index (χ3n) is 16.6. The number of carbonyl (C=O) groups is 5. The van der Waals surface area contributed by atoms with Gasteiger partial charge in [-0.1, -0.05) is 38.1 Å². The first kappa shape index (κ1) is 65.7. The number of carbonyl (C=O) groups excluding carboxylic acids is 5. The highest BCUT2D eigenvalue weighted by atomic mass is 16.6. The van der Waals surface area contributed by atoms with Crippen LogP contribution in [0.3, 0.4) is 0 Å². The Labute approximate surface area is 535 Å². The molecule has 2 aromatic heterocycles. The number of amides is 5. The minimum Gasteiger partial charge on any atom is -0.494 e. The van der Waals surface area contributed by atoms with Crippen molar-refractivity contribution in [2.75, 3.05) is 116 Å². The number of nitrogens with two attached hydrogens (primary N) is 1. The number of aromatic nitrogens is 4. The summed E-state index contributed by atoms with van der Waals surface area (Å²) < 4.78 is 40.1. The zero-order valence-corrected chi connectivity index (χ0v) is 53.2. The van der Waals surface area contributed by atoms with Crippen molar-refractivity contribution in [1.82, 2.24) is 45.3 Å². The number of H-pyrrole nitrogens is 2. The number of rotatable bonds is 28. The summed E-state index contributed by atoms with van der Waals surface area (Å²) in [5.74, 6) is 1.16. The molecule has 5 heterocycles. The number of imidazole rings is 2. The summed E-state index contributed by atoms with van der Waals surface area (Å²) in [5.41, 5.74) is 15.7. The molecule has 92 heavy (non-hydrogen) atoms. The predicted molar refractivity (Wildman–Crippen MR) is 351 cm³/mol. The van der Waals surface area contributed by atoms with Crippen molar-refractivity contribution >= 4 is 68.9 Å². The van der Waals surface area contributed by atoms with Crippen LogP contribution in [0.15, 0.2) is 109 Å². The summed E-state index contributed by atoms with van der Waals surface area (Å²) in [7, 11) is 5.23. The minimum atomic E-state index is -0.927. The zero-order chi connectivity index (χ0) is 64.8. The van der Waals surface area contributed by atoms with E-state index in [-0.39, 0.29) is 68.3 Å². The molecule has 24 heteroatoms. The topological polar surface area (TPSA) is 282 Å². The van der Waals surface area contributed by atoms with Gasteiger partial charge in [-0.05, 0) is 130 Å². The molecule has 7 N–H and O–H groups in total.